The van der Waals surface area contributed by atoms with Gasteiger partial charge in [0.2, 0.25) is 0 Å². The van der Waals surface area contributed by atoms with Gasteiger partial charge in [0.1, 0.15) is 6.23 Å². The first-order valence-electron chi connectivity index (χ1n) is 8.00. The molecule has 1 saturated carbocycles. The van der Waals surface area contributed by atoms with Crippen molar-refractivity contribution in [1.82, 2.24) is 4.90 Å². The highest BCUT2D eigenvalue weighted by Crippen LogP contribution is 2.38. The molecule has 0 heterocycles. The molecule has 1 fully saturated rings. The summed E-state index contributed by atoms with van der Waals surface area (Å²) in [5.41, 5.74) is 1.21. The smallest absolute Gasteiger partial charge is 0.409 e. The summed E-state index contributed by atoms with van der Waals surface area (Å²) in [5, 5.41) is 19.9. The van der Waals surface area contributed by atoms with Gasteiger partial charge in [-0.1, -0.05) is 44.4 Å². The minimum absolute atomic E-state index is 0.135. The summed E-state index contributed by atoms with van der Waals surface area (Å²) in [7, 11) is 0. The number of aliphatic hydroxyl groups is 1. The van der Waals surface area contributed by atoms with Crippen LogP contribution in [0, 0.1) is 3.57 Å². The van der Waals surface area contributed by atoms with E-state index in [-0.39, 0.29) is 12.0 Å². The predicted molar refractivity (Wildman–Crippen MR) is 94.9 cm³/mol. The van der Waals surface area contributed by atoms with Crippen LogP contribution in [0.2, 0.25) is 0 Å². The zero-order chi connectivity index (χ0) is 16.1. The average molecular weight is 417 g/mol. The molecule has 0 aromatic heterocycles. The molecule has 2 N–H and O–H groups in total. The van der Waals surface area contributed by atoms with Crippen molar-refractivity contribution in [2.75, 3.05) is 0 Å². The second-order valence-electron chi connectivity index (χ2n) is 5.94. The van der Waals surface area contributed by atoms with Crippen LogP contribution in [0.3, 0.4) is 0 Å². The van der Waals surface area contributed by atoms with Crippen LogP contribution in [0.15, 0.2) is 24.3 Å². The number of benzene rings is 1. The number of amides is 1. The molecule has 5 heteroatoms. The van der Waals surface area contributed by atoms with Crippen LogP contribution in [0.5, 0.6) is 0 Å². The van der Waals surface area contributed by atoms with E-state index in [0.29, 0.717) is 6.42 Å². The van der Waals surface area contributed by atoms with E-state index in [1.165, 1.54) is 14.0 Å². The van der Waals surface area contributed by atoms with E-state index in [1.54, 1.807) is 0 Å². The first-order valence-corrected chi connectivity index (χ1v) is 9.07. The Kier molecular flexibility index (Phi) is 6.50. The summed E-state index contributed by atoms with van der Waals surface area (Å²) >= 11 is 2.32. The van der Waals surface area contributed by atoms with Crippen molar-refractivity contribution in [3.05, 3.63) is 33.4 Å². The molecular formula is C17H24INO3. The molecule has 1 unspecified atom stereocenters. The predicted octanol–water partition coefficient (Wildman–Crippen LogP) is 4.42. The van der Waals surface area contributed by atoms with Gasteiger partial charge in [-0.25, -0.2) is 4.79 Å². The van der Waals surface area contributed by atoms with Crippen molar-refractivity contribution in [3.63, 3.8) is 0 Å². The van der Waals surface area contributed by atoms with Gasteiger partial charge < -0.3 is 10.2 Å². The Morgan fingerprint density at radius 3 is 2.68 bits per heavy atom. The SMILES string of the molecule is CCCC(O)N(C(=O)O)[C@H]1CCCC[C@H]1c1ccccc1I. The average Bonchev–Trinajstić information content (AvgIpc) is 2.48. The van der Waals surface area contributed by atoms with E-state index in [4.69, 9.17) is 0 Å². The minimum atomic E-state index is -1.01. The van der Waals surface area contributed by atoms with Crippen molar-refractivity contribution >= 4 is 28.7 Å². The first-order chi connectivity index (χ1) is 10.6. The van der Waals surface area contributed by atoms with E-state index in [0.717, 1.165) is 32.1 Å². The summed E-state index contributed by atoms with van der Waals surface area (Å²) in [4.78, 5) is 13.0. The number of aliphatic hydroxyl groups excluding tert-OH is 1. The van der Waals surface area contributed by atoms with Crippen LogP contribution in [0.25, 0.3) is 0 Å². The van der Waals surface area contributed by atoms with Gasteiger partial charge in [0, 0.05) is 15.5 Å². The number of carboxylic acid groups (broad SMARTS) is 1. The lowest BCUT2D eigenvalue weighted by atomic mass is 9.79. The van der Waals surface area contributed by atoms with Crippen molar-refractivity contribution in [2.24, 2.45) is 0 Å². The largest absolute Gasteiger partial charge is 0.465 e. The van der Waals surface area contributed by atoms with Crippen molar-refractivity contribution in [2.45, 2.75) is 63.6 Å². The summed E-state index contributed by atoms with van der Waals surface area (Å²) < 4.78 is 1.17. The maximum atomic E-state index is 11.7. The van der Waals surface area contributed by atoms with E-state index in [9.17, 15) is 15.0 Å². The van der Waals surface area contributed by atoms with Gasteiger partial charge in [0.25, 0.3) is 0 Å². The molecule has 1 aliphatic carbocycles. The van der Waals surface area contributed by atoms with Gasteiger partial charge >= 0.3 is 6.09 Å². The number of hydrogen-bond acceptors (Lipinski definition) is 2. The molecule has 0 spiro atoms. The van der Waals surface area contributed by atoms with Crippen molar-refractivity contribution in [1.29, 1.82) is 0 Å². The second-order valence-corrected chi connectivity index (χ2v) is 7.10. The third-order valence-electron chi connectivity index (χ3n) is 4.48. The lowest BCUT2D eigenvalue weighted by Gasteiger charge is -2.41. The van der Waals surface area contributed by atoms with Crippen LogP contribution >= 0.6 is 22.6 Å². The van der Waals surface area contributed by atoms with Crippen LogP contribution in [-0.4, -0.2) is 33.5 Å². The molecule has 1 aromatic rings. The number of carbonyl (C=O) groups is 1. The molecule has 1 aromatic carbocycles. The fourth-order valence-corrected chi connectivity index (χ4v) is 4.26. The summed E-state index contributed by atoms with van der Waals surface area (Å²) in [6, 6.07) is 8.04. The number of halogens is 1. The molecule has 0 radical (unpaired) electrons. The van der Waals surface area contributed by atoms with Gasteiger partial charge in [-0.2, -0.15) is 0 Å². The Morgan fingerprint density at radius 2 is 2.05 bits per heavy atom. The minimum Gasteiger partial charge on any atom is -0.465 e. The van der Waals surface area contributed by atoms with E-state index in [2.05, 4.69) is 34.7 Å². The third-order valence-corrected chi connectivity index (χ3v) is 5.46. The highest BCUT2D eigenvalue weighted by Gasteiger charge is 2.37. The van der Waals surface area contributed by atoms with Gasteiger partial charge in [0.15, 0.2) is 0 Å². The summed E-state index contributed by atoms with van der Waals surface area (Å²) in [6.07, 6.45) is 3.28. The maximum Gasteiger partial charge on any atom is 0.409 e. The lowest BCUT2D eigenvalue weighted by molar-refractivity contribution is -0.0303. The highest BCUT2D eigenvalue weighted by molar-refractivity contribution is 14.1. The molecule has 0 saturated heterocycles. The fourth-order valence-electron chi connectivity index (χ4n) is 3.47. The van der Waals surface area contributed by atoms with Crippen LogP contribution < -0.4 is 0 Å². The molecule has 0 aliphatic heterocycles. The highest BCUT2D eigenvalue weighted by atomic mass is 127. The van der Waals surface area contributed by atoms with Crippen LogP contribution in [0.4, 0.5) is 4.79 Å². The van der Waals surface area contributed by atoms with Gasteiger partial charge in [-0.3, -0.25) is 4.90 Å². The normalized spacial score (nSPS) is 23.0. The summed E-state index contributed by atoms with van der Waals surface area (Å²) in [6.45, 7) is 1.96. The molecule has 1 amide bonds. The zero-order valence-corrected chi connectivity index (χ0v) is 15.1. The number of nitrogens with zero attached hydrogens (tertiary/aromatic N) is 1. The van der Waals surface area contributed by atoms with E-state index in [1.807, 2.05) is 19.1 Å². The molecule has 0 bridgehead atoms. The Bertz CT molecular complexity index is 508. The standard InChI is InChI=1S/C17H24INO3/c1-2-7-16(20)19(17(21)22)15-11-6-4-9-13(15)12-8-3-5-10-14(12)18/h3,5,8,10,13,15-16,20H,2,4,6-7,9,11H2,1H3,(H,21,22)/t13-,15-,16?/m0/s1. The first kappa shape index (κ1) is 17.5. The quantitative estimate of drug-likeness (QED) is 0.551. The number of hydrogen-bond donors (Lipinski definition) is 2. The zero-order valence-electron chi connectivity index (χ0n) is 12.9. The fraction of sp³-hybridized carbons (Fsp3) is 0.588. The molecule has 1 aliphatic rings. The van der Waals surface area contributed by atoms with Crippen LogP contribution in [0.1, 0.15) is 56.9 Å². The summed E-state index contributed by atoms with van der Waals surface area (Å²) in [5.74, 6) is 0.171. The second kappa shape index (κ2) is 8.15. The van der Waals surface area contributed by atoms with Crippen molar-refractivity contribution in [3.8, 4) is 0 Å². The molecule has 122 valence electrons. The molecule has 22 heavy (non-hydrogen) atoms. The monoisotopic (exact) mass is 417 g/mol. The Hall–Kier alpha value is -0.820. The number of rotatable bonds is 5. The van der Waals surface area contributed by atoms with Gasteiger partial charge in [0.05, 0.1) is 0 Å². The van der Waals surface area contributed by atoms with Crippen molar-refractivity contribution < 1.29 is 15.0 Å². The lowest BCUT2D eigenvalue weighted by Crippen LogP contribution is -2.50. The van der Waals surface area contributed by atoms with Crippen LogP contribution in [-0.2, 0) is 0 Å². The van der Waals surface area contributed by atoms with E-state index >= 15 is 0 Å². The Balaban J connectivity index is 2.31. The van der Waals surface area contributed by atoms with Gasteiger partial charge in [-0.15, -0.1) is 0 Å². The molecule has 2 rings (SSSR count). The Labute approximate surface area is 145 Å². The van der Waals surface area contributed by atoms with E-state index < -0.39 is 12.3 Å². The molecule has 3 atom stereocenters. The topological polar surface area (TPSA) is 60.8 Å². The molecule has 4 nitrogen and oxygen atoms in total. The van der Waals surface area contributed by atoms with Gasteiger partial charge in [-0.05, 0) is 53.5 Å². The Morgan fingerprint density at radius 1 is 1.36 bits per heavy atom. The maximum absolute atomic E-state index is 11.7. The molecular weight excluding hydrogens is 393 g/mol. The third kappa shape index (κ3) is 3.93.